The van der Waals surface area contributed by atoms with Gasteiger partial charge in [0.1, 0.15) is 11.1 Å². The van der Waals surface area contributed by atoms with Crippen molar-refractivity contribution in [2.24, 2.45) is 0 Å². The molecule has 0 aliphatic heterocycles. The molecule has 0 aliphatic rings. The first-order valence-corrected chi connectivity index (χ1v) is 19.3. The lowest BCUT2D eigenvalue weighted by Gasteiger charge is -2.15. The van der Waals surface area contributed by atoms with E-state index in [-0.39, 0.29) is 0 Å². The van der Waals surface area contributed by atoms with Crippen LogP contribution in [0.1, 0.15) is 0 Å². The monoisotopic (exact) mass is 728 g/mol. The summed E-state index contributed by atoms with van der Waals surface area (Å²) in [5.41, 5.74) is 13.2. The molecular formula is C52H32N4O. The molecule has 8 aromatic carbocycles. The fourth-order valence-electron chi connectivity index (χ4n) is 8.76. The van der Waals surface area contributed by atoms with Crippen molar-refractivity contribution in [2.45, 2.75) is 0 Å². The summed E-state index contributed by atoms with van der Waals surface area (Å²) < 4.78 is 11.3. The normalized spacial score (nSPS) is 11.9. The maximum Gasteiger partial charge on any atom is 0.197 e. The molecule has 0 bridgehead atoms. The minimum absolute atomic E-state index is 0.623. The van der Waals surface area contributed by atoms with E-state index in [4.69, 9.17) is 14.4 Å². The van der Waals surface area contributed by atoms with E-state index in [0.29, 0.717) is 17.2 Å². The van der Waals surface area contributed by atoms with Crippen LogP contribution in [0.4, 0.5) is 0 Å². The Morgan fingerprint density at radius 1 is 0.368 bits per heavy atom. The smallest absolute Gasteiger partial charge is 0.197 e. The Morgan fingerprint density at radius 2 is 0.877 bits per heavy atom. The molecule has 12 aromatic rings. The SMILES string of the molecule is c1ccc(-c2ccc3c(c2)c2ccccc2n3-c2ccccc2-c2nc(-n3c4ccccc4c4cc(-c5ccccc5)ccc43)c3oc4ccccc4c3n2)cc1. The lowest BCUT2D eigenvalue weighted by molar-refractivity contribution is 0.662. The van der Waals surface area contributed by atoms with Crippen molar-refractivity contribution >= 4 is 65.7 Å². The molecule has 0 spiro atoms. The van der Waals surface area contributed by atoms with Crippen LogP contribution >= 0.6 is 0 Å². The van der Waals surface area contributed by atoms with Crippen LogP contribution in [0.3, 0.4) is 0 Å². The molecular weight excluding hydrogens is 697 g/mol. The van der Waals surface area contributed by atoms with E-state index < -0.39 is 0 Å². The summed E-state index contributed by atoms with van der Waals surface area (Å²) in [5, 5.41) is 5.64. The van der Waals surface area contributed by atoms with Crippen LogP contribution in [0.15, 0.2) is 199 Å². The number of rotatable bonds is 5. The van der Waals surface area contributed by atoms with Crippen LogP contribution in [0.25, 0.3) is 111 Å². The van der Waals surface area contributed by atoms with Gasteiger partial charge >= 0.3 is 0 Å². The summed E-state index contributed by atoms with van der Waals surface area (Å²) in [4.78, 5) is 10.9. The van der Waals surface area contributed by atoms with Gasteiger partial charge in [0.15, 0.2) is 17.2 Å². The minimum atomic E-state index is 0.623. The fraction of sp³-hybridized carbons (Fsp3) is 0. The van der Waals surface area contributed by atoms with Crippen molar-refractivity contribution < 1.29 is 4.42 Å². The number of para-hydroxylation sites is 4. The van der Waals surface area contributed by atoms with Gasteiger partial charge in [-0.1, -0.05) is 133 Å². The third kappa shape index (κ3) is 4.82. The van der Waals surface area contributed by atoms with Gasteiger partial charge in [-0.05, 0) is 82.9 Å². The molecule has 5 nitrogen and oxygen atoms in total. The minimum Gasteiger partial charge on any atom is -0.450 e. The molecule has 4 heterocycles. The molecule has 0 aliphatic carbocycles. The lowest BCUT2D eigenvalue weighted by atomic mass is 10.0. The van der Waals surface area contributed by atoms with Gasteiger partial charge in [-0.2, -0.15) is 0 Å². The first kappa shape index (κ1) is 31.6. The predicted octanol–water partition coefficient (Wildman–Crippen LogP) is 13.6. The molecule has 0 unspecified atom stereocenters. The van der Waals surface area contributed by atoms with E-state index in [9.17, 15) is 0 Å². The van der Waals surface area contributed by atoms with Crippen molar-refractivity contribution in [2.75, 3.05) is 0 Å². The number of aromatic nitrogens is 4. The van der Waals surface area contributed by atoms with Gasteiger partial charge in [0.25, 0.3) is 0 Å². The largest absolute Gasteiger partial charge is 0.450 e. The van der Waals surface area contributed by atoms with Crippen molar-refractivity contribution in [3.63, 3.8) is 0 Å². The average Bonchev–Trinajstić information content (AvgIpc) is 3.94. The second-order valence-electron chi connectivity index (χ2n) is 14.6. The average molecular weight is 729 g/mol. The summed E-state index contributed by atoms with van der Waals surface area (Å²) in [5.74, 6) is 1.33. The molecule has 0 radical (unpaired) electrons. The summed E-state index contributed by atoms with van der Waals surface area (Å²) in [7, 11) is 0. The third-order valence-electron chi connectivity index (χ3n) is 11.4. The zero-order chi connectivity index (χ0) is 37.5. The Labute approximate surface area is 327 Å². The Kier molecular flexibility index (Phi) is 6.86. The van der Waals surface area contributed by atoms with Crippen molar-refractivity contribution in [3.8, 4) is 45.1 Å². The molecule has 0 saturated carbocycles. The highest BCUT2D eigenvalue weighted by Crippen LogP contribution is 2.41. The van der Waals surface area contributed by atoms with Crippen LogP contribution in [0.2, 0.25) is 0 Å². The van der Waals surface area contributed by atoms with Gasteiger partial charge in [-0.25, -0.2) is 9.97 Å². The zero-order valence-electron chi connectivity index (χ0n) is 30.7. The van der Waals surface area contributed by atoms with E-state index in [1.807, 2.05) is 18.2 Å². The second kappa shape index (κ2) is 12.4. The summed E-state index contributed by atoms with van der Waals surface area (Å²) >= 11 is 0. The molecule has 0 saturated heterocycles. The zero-order valence-corrected chi connectivity index (χ0v) is 30.7. The highest BCUT2D eigenvalue weighted by atomic mass is 16.3. The highest BCUT2D eigenvalue weighted by Gasteiger charge is 2.24. The van der Waals surface area contributed by atoms with Gasteiger partial charge in [0.05, 0.1) is 27.8 Å². The van der Waals surface area contributed by atoms with E-state index in [1.165, 1.54) is 33.0 Å². The number of fused-ring (bicyclic) bond motifs is 9. The molecule has 57 heavy (non-hydrogen) atoms. The standard InChI is InChI=1S/C52H32N4O/c1-3-15-33(16-4-1)35-27-29-46-41(31-35)37-19-7-11-23-43(37)55(46)45-25-13-9-21-39(45)51-53-49-40-22-10-14-26-48(40)57-50(49)52(54-51)56-44-24-12-8-20-38(44)42-32-36(28-30-47(42)56)34-17-5-2-6-18-34/h1-32H. The summed E-state index contributed by atoms with van der Waals surface area (Å²) in [6.45, 7) is 0. The number of hydrogen-bond donors (Lipinski definition) is 0. The fourth-order valence-corrected chi connectivity index (χ4v) is 8.76. The van der Waals surface area contributed by atoms with Crippen molar-refractivity contribution in [1.82, 2.24) is 19.1 Å². The van der Waals surface area contributed by atoms with Crippen molar-refractivity contribution in [3.05, 3.63) is 194 Å². The highest BCUT2D eigenvalue weighted by molar-refractivity contribution is 6.13. The van der Waals surface area contributed by atoms with Gasteiger partial charge in [-0.3, -0.25) is 4.57 Å². The molecule has 0 atom stereocenters. The second-order valence-corrected chi connectivity index (χ2v) is 14.6. The Hall–Kier alpha value is -7.76. The summed E-state index contributed by atoms with van der Waals surface area (Å²) in [6.07, 6.45) is 0. The molecule has 0 N–H and O–H groups in total. The number of benzene rings is 8. The van der Waals surface area contributed by atoms with E-state index in [1.54, 1.807) is 0 Å². The Balaban J connectivity index is 1.14. The maximum absolute atomic E-state index is 6.70. The van der Waals surface area contributed by atoms with Crippen LogP contribution in [0, 0.1) is 0 Å². The van der Waals surface area contributed by atoms with E-state index >= 15 is 0 Å². The van der Waals surface area contributed by atoms with Crippen LogP contribution in [0.5, 0.6) is 0 Å². The molecule has 4 aromatic heterocycles. The first-order chi connectivity index (χ1) is 28.3. The molecule has 12 rings (SSSR count). The number of furan rings is 1. The maximum atomic E-state index is 6.70. The molecule has 0 fully saturated rings. The predicted molar refractivity (Wildman–Crippen MR) is 234 cm³/mol. The van der Waals surface area contributed by atoms with Gasteiger partial charge in [0, 0.05) is 32.5 Å². The topological polar surface area (TPSA) is 48.8 Å². The number of nitrogens with zero attached hydrogens (tertiary/aromatic N) is 4. The van der Waals surface area contributed by atoms with Crippen LogP contribution in [-0.4, -0.2) is 19.1 Å². The quantitative estimate of drug-likeness (QED) is 0.177. The van der Waals surface area contributed by atoms with Crippen LogP contribution in [-0.2, 0) is 0 Å². The molecule has 0 amide bonds. The number of hydrogen-bond acceptors (Lipinski definition) is 3. The first-order valence-electron chi connectivity index (χ1n) is 19.3. The van der Waals surface area contributed by atoms with E-state index in [2.05, 4.69) is 185 Å². The van der Waals surface area contributed by atoms with Crippen LogP contribution < -0.4 is 0 Å². The Bertz CT molecular complexity index is 3520. The third-order valence-corrected chi connectivity index (χ3v) is 11.4. The molecule has 266 valence electrons. The summed E-state index contributed by atoms with van der Waals surface area (Å²) in [6, 6.07) is 68.5. The lowest BCUT2D eigenvalue weighted by Crippen LogP contribution is -2.04. The van der Waals surface area contributed by atoms with Gasteiger partial charge in [0.2, 0.25) is 0 Å². The van der Waals surface area contributed by atoms with Gasteiger partial charge in [-0.15, -0.1) is 0 Å². The van der Waals surface area contributed by atoms with Gasteiger partial charge < -0.3 is 8.98 Å². The van der Waals surface area contributed by atoms with E-state index in [0.717, 1.165) is 60.6 Å². The van der Waals surface area contributed by atoms with Crippen molar-refractivity contribution in [1.29, 1.82) is 0 Å². The molecule has 5 heteroatoms. The Morgan fingerprint density at radius 3 is 1.54 bits per heavy atom.